The van der Waals surface area contributed by atoms with Gasteiger partial charge in [0.2, 0.25) is 0 Å². The van der Waals surface area contributed by atoms with E-state index < -0.39 is 0 Å². The van der Waals surface area contributed by atoms with Gasteiger partial charge in [-0.1, -0.05) is 0 Å². The Labute approximate surface area is 46.7 Å². The van der Waals surface area contributed by atoms with Crippen LogP contribution in [-0.4, -0.2) is 5.11 Å². The van der Waals surface area contributed by atoms with Crippen LogP contribution in [0.5, 0.6) is 0 Å². The zero-order chi connectivity index (χ0) is 5.98. The zero-order valence-corrected chi connectivity index (χ0v) is 4.29. The molecular formula is C5H7NO2. The zero-order valence-electron chi connectivity index (χ0n) is 4.29. The van der Waals surface area contributed by atoms with Crippen LogP contribution in [0.2, 0.25) is 0 Å². The molecule has 3 nitrogen and oxygen atoms in total. The minimum atomic E-state index is -0.0861. The van der Waals surface area contributed by atoms with Crippen LogP contribution in [0, 0.1) is 0 Å². The summed E-state index contributed by atoms with van der Waals surface area (Å²) in [5, 5.41) is 8.40. The number of anilines is 1. The predicted molar refractivity (Wildman–Crippen MR) is 29.0 cm³/mol. The third-order valence-electron chi connectivity index (χ3n) is 0.838. The molecule has 1 aromatic heterocycles. The molecule has 1 heterocycles. The van der Waals surface area contributed by atoms with Gasteiger partial charge in [0.25, 0.3) is 0 Å². The fraction of sp³-hybridized carbons (Fsp3) is 0.200. The molecule has 3 heteroatoms. The van der Waals surface area contributed by atoms with E-state index in [0.717, 1.165) is 0 Å². The van der Waals surface area contributed by atoms with E-state index in [1.54, 1.807) is 12.1 Å². The van der Waals surface area contributed by atoms with Gasteiger partial charge in [-0.15, -0.1) is 0 Å². The van der Waals surface area contributed by atoms with Crippen molar-refractivity contribution in [2.24, 2.45) is 0 Å². The molecule has 0 saturated carbocycles. The Morgan fingerprint density at radius 2 is 2.38 bits per heavy atom. The SMILES string of the molecule is Nc1ccc(CO)o1. The first-order valence-electron chi connectivity index (χ1n) is 2.28. The van der Waals surface area contributed by atoms with Gasteiger partial charge < -0.3 is 15.3 Å². The molecule has 0 aromatic carbocycles. The molecule has 1 rings (SSSR count). The summed E-state index contributed by atoms with van der Waals surface area (Å²) in [4.78, 5) is 0. The Kier molecular flexibility index (Phi) is 1.22. The van der Waals surface area contributed by atoms with Crippen LogP contribution in [0.4, 0.5) is 5.88 Å². The van der Waals surface area contributed by atoms with Crippen LogP contribution >= 0.6 is 0 Å². The minimum absolute atomic E-state index is 0.0861. The molecule has 0 aliphatic carbocycles. The van der Waals surface area contributed by atoms with Crippen molar-refractivity contribution in [1.29, 1.82) is 0 Å². The highest BCUT2D eigenvalue weighted by Crippen LogP contribution is 2.07. The first-order chi connectivity index (χ1) is 3.83. The van der Waals surface area contributed by atoms with Crippen LogP contribution < -0.4 is 5.73 Å². The van der Waals surface area contributed by atoms with Gasteiger partial charge in [-0.05, 0) is 6.07 Å². The molecule has 0 radical (unpaired) electrons. The van der Waals surface area contributed by atoms with Gasteiger partial charge in [0.1, 0.15) is 12.4 Å². The van der Waals surface area contributed by atoms with E-state index in [-0.39, 0.29) is 6.61 Å². The number of aliphatic hydroxyl groups excluding tert-OH is 1. The summed E-state index contributed by atoms with van der Waals surface area (Å²) < 4.78 is 4.76. The van der Waals surface area contributed by atoms with Crippen LogP contribution in [0.25, 0.3) is 0 Å². The molecule has 0 aliphatic rings. The second-order valence-corrected chi connectivity index (χ2v) is 1.46. The first-order valence-corrected chi connectivity index (χ1v) is 2.28. The summed E-state index contributed by atoms with van der Waals surface area (Å²) in [6.45, 7) is -0.0861. The van der Waals surface area contributed by atoms with Crippen molar-refractivity contribution in [2.45, 2.75) is 6.61 Å². The fourth-order valence-corrected chi connectivity index (χ4v) is 0.479. The van der Waals surface area contributed by atoms with E-state index in [1.807, 2.05) is 0 Å². The summed E-state index contributed by atoms with van der Waals surface area (Å²) in [7, 11) is 0. The highest BCUT2D eigenvalue weighted by atomic mass is 16.4. The van der Waals surface area contributed by atoms with Crippen LogP contribution in [0.1, 0.15) is 5.76 Å². The summed E-state index contributed by atoms with van der Waals surface area (Å²) >= 11 is 0. The van der Waals surface area contributed by atoms with Crippen molar-refractivity contribution in [2.75, 3.05) is 5.73 Å². The largest absolute Gasteiger partial charge is 0.444 e. The van der Waals surface area contributed by atoms with Gasteiger partial charge in [0, 0.05) is 6.07 Å². The average Bonchev–Trinajstić information content (AvgIpc) is 2.14. The van der Waals surface area contributed by atoms with Crippen molar-refractivity contribution in [3.63, 3.8) is 0 Å². The predicted octanol–water partition coefficient (Wildman–Crippen LogP) is 0.354. The second kappa shape index (κ2) is 1.88. The van der Waals surface area contributed by atoms with Gasteiger partial charge in [0.05, 0.1) is 0 Å². The second-order valence-electron chi connectivity index (χ2n) is 1.46. The van der Waals surface area contributed by atoms with E-state index in [9.17, 15) is 0 Å². The summed E-state index contributed by atoms with van der Waals surface area (Å²) in [6, 6.07) is 3.24. The average molecular weight is 113 g/mol. The lowest BCUT2D eigenvalue weighted by atomic mass is 10.5. The van der Waals surface area contributed by atoms with Crippen molar-refractivity contribution in [3.8, 4) is 0 Å². The van der Waals surface area contributed by atoms with Crippen molar-refractivity contribution >= 4 is 5.88 Å². The van der Waals surface area contributed by atoms with Crippen molar-refractivity contribution in [3.05, 3.63) is 17.9 Å². The molecule has 0 fully saturated rings. The molecule has 0 atom stereocenters. The molecule has 0 bridgehead atoms. The van der Waals surface area contributed by atoms with E-state index in [2.05, 4.69) is 0 Å². The number of rotatable bonds is 1. The standard InChI is InChI=1S/C5H7NO2/c6-5-2-1-4(3-7)8-5/h1-2,7H,3,6H2. The topological polar surface area (TPSA) is 59.4 Å². The van der Waals surface area contributed by atoms with Gasteiger partial charge in [-0.2, -0.15) is 0 Å². The third-order valence-corrected chi connectivity index (χ3v) is 0.838. The summed E-state index contributed by atoms with van der Waals surface area (Å²) in [5.74, 6) is 0.844. The normalized spacial score (nSPS) is 9.62. The maximum atomic E-state index is 8.40. The number of hydrogen-bond donors (Lipinski definition) is 2. The third kappa shape index (κ3) is 0.816. The van der Waals surface area contributed by atoms with Gasteiger partial charge in [0.15, 0.2) is 5.88 Å². The molecule has 3 N–H and O–H groups in total. The number of nitrogens with two attached hydrogens (primary N) is 1. The maximum Gasteiger partial charge on any atom is 0.190 e. The molecule has 1 aromatic rings. The minimum Gasteiger partial charge on any atom is -0.444 e. The van der Waals surface area contributed by atoms with Gasteiger partial charge in [-0.3, -0.25) is 0 Å². The summed E-state index contributed by atoms with van der Waals surface area (Å²) in [6.07, 6.45) is 0. The molecule has 0 unspecified atom stereocenters. The van der Waals surface area contributed by atoms with Crippen molar-refractivity contribution in [1.82, 2.24) is 0 Å². The van der Waals surface area contributed by atoms with E-state index in [0.29, 0.717) is 11.6 Å². The molecule has 0 saturated heterocycles. The van der Waals surface area contributed by atoms with Crippen LogP contribution in [-0.2, 0) is 6.61 Å². The Morgan fingerprint density at radius 3 is 2.62 bits per heavy atom. The Morgan fingerprint density at radius 1 is 1.62 bits per heavy atom. The maximum absolute atomic E-state index is 8.40. The molecular weight excluding hydrogens is 106 g/mol. The number of aliphatic hydroxyl groups is 1. The molecule has 0 aliphatic heterocycles. The van der Waals surface area contributed by atoms with E-state index >= 15 is 0 Å². The van der Waals surface area contributed by atoms with Crippen LogP contribution in [0.3, 0.4) is 0 Å². The van der Waals surface area contributed by atoms with Gasteiger partial charge in [-0.25, -0.2) is 0 Å². The first kappa shape index (κ1) is 5.18. The Balaban J connectivity index is 2.84. The highest BCUT2D eigenvalue weighted by molar-refractivity contribution is 5.24. The Bertz CT molecular complexity index is 171. The lowest BCUT2D eigenvalue weighted by Crippen LogP contribution is -1.78. The smallest absolute Gasteiger partial charge is 0.190 e. The van der Waals surface area contributed by atoms with E-state index in [1.165, 1.54) is 0 Å². The van der Waals surface area contributed by atoms with E-state index in [4.69, 9.17) is 15.3 Å². The quantitative estimate of drug-likeness (QED) is 0.552. The van der Waals surface area contributed by atoms with Crippen molar-refractivity contribution < 1.29 is 9.52 Å². The monoisotopic (exact) mass is 113 g/mol. The molecule has 44 valence electrons. The molecule has 8 heavy (non-hydrogen) atoms. The van der Waals surface area contributed by atoms with Crippen LogP contribution in [0.15, 0.2) is 16.5 Å². The Hall–Kier alpha value is -0.960. The molecule has 0 amide bonds. The number of hydrogen-bond acceptors (Lipinski definition) is 3. The number of furan rings is 1. The fourth-order valence-electron chi connectivity index (χ4n) is 0.479. The highest BCUT2D eigenvalue weighted by Gasteiger charge is 1.92. The summed E-state index contributed by atoms with van der Waals surface area (Å²) in [5.41, 5.74) is 5.18. The van der Waals surface area contributed by atoms with Gasteiger partial charge >= 0.3 is 0 Å². The number of nitrogen functional groups attached to an aromatic ring is 1. The molecule has 0 spiro atoms. The lowest BCUT2D eigenvalue weighted by molar-refractivity contribution is 0.249. The lowest BCUT2D eigenvalue weighted by Gasteiger charge is -1.82.